The molecular formula is C13H20FNO2. The van der Waals surface area contributed by atoms with Gasteiger partial charge in [0.1, 0.15) is 5.82 Å². The average Bonchev–Trinajstić information content (AvgIpc) is 2.28. The molecule has 0 aromatic heterocycles. The van der Waals surface area contributed by atoms with Crippen molar-refractivity contribution < 1.29 is 14.6 Å². The second kappa shape index (κ2) is 6.57. The Kier molecular flexibility index (Phi) is 5.38. The van der Waals surface area contributed by atoms with E-state index in [1.54, 1.807) is 24.0 Å². The minimum Gasteiger partial charge on any atom is -0.395 e. The van der Waals surface area contributed by atoms with Gasteiger partial charge < -0.3 is 15.1 Å². The van der Waals surface area contributed by atoms with Gasteiger partial charge in [-0.2, -0.15) is 0 Å². The van der Waals surface area contributed by atoms with E-state index in [2.05, 4.69) is 0 Å². The van der Waals surface area contributed by atoms with Crippen molar-refractivity contribution in [3.8, 4) is 0 Å². The molecule has 1 aromatic carbocycles. The smallest absolute Gasteiger partial charge is 0.146 e. The van der Waals surface area contributed by atoms with E-state index >= 15 is 0 Å². The van der Waals surface area contributed by atoms with Gasteiger partial charge in [0.05, 0.1) is 18.4 Å². The van der Waals surface area contributed by atoms with Gasteiger partial charge in [-0.15, -0.1) is 0 Å². The van der Waals surface area contributed by atoms with Gasteiger partial charge in [0, 0.05) is 13.1 Å². The number of rotatable bonds is 6. The van der Waals surface area contributed by atoms with Crippen molar-refractivity contribution in [1.29, 1.82) is 0 Å². The van der Waals surface area contributed by atoms with Crippen LogP contribution in [0.25, 0.3) is 0 Å². The molecule has 3 nitrogen and oxygen atoms in total. The average molecular weight is 241 g/mol. The molecule has 0 amide bonds. The first kappa shape index (κ1) is 13.9. The fraction of sp³-hybridized carbons (Fsp3) is 0.538. The highest BCUT2D eigenvalue weighted by molar-refractivity contribution is 5.49. The van der Waals surface area contributed by atoms with Gasteiger partial charge in [-0.1, -0.05) is 13.0 Å². The van der Waals surface area contributed by atoms with Crippen molar-refractivity contribution in [2.45, 2.75) is 26.4 Å². The molecule has 0 radical (unpaired) electrons. The lowest BCUT2D eigenvalue weighted by Crippen LogP contribution is -2.28. The molecule has 17 heavy (non-hydrogen) atoms. The van der Waals surface area contributed by atoms with E-state index in [1.807, 2.05) is 6.92 Å². The van der Waals surface area contributed by atoms with Crippen molar-refractivity contribution >= 4 is 5.69 Å². The molecule has 1 rings (SSSR count). The van der Waals surface area contributed by atoms with E-state index in [1.165, 1.54) is 6.07 Å². The summed E-state index contributed by atoms with van der Waals surface area (Å²) in [6.45, 7) is 4.72. The van der Waals surface area contributed by atoms with Gasteiger partial charge in [-0.3, -0.25) is 0 Å². The second-order valence-corrected chi connectivity index (χ2v) is 4.10. The Hall–Kier alpha value is -1.13. The summed E-state index contributed by atoms with van der Waals surface area (Å²) in [5.41, 5.74) is 1.04. The number of benzene rings is 1. The first-order valence-electron chi connectivity index (χ1n) is 5.93. The number of hydrogen-bond acceptors (Lipinski definition) is 3. The summed E-state index contributed by atoms with van der Waals surface area (Å²) >= 11 is 0. The summed E-state index contributed by atoms with van der Waals surface area (Å²) in [5.74, 6) is -0.356. The van der Waals surface area contributed by atoms with Crippen molar-refractivity contribution in [2.24, 2.45) is 0 Å². The van der Waals surface area contributed by atoms with E-state index < -0.39 is 6.10 Å². The van der Waals surface area contributed by atoms with Gasteiger partial charge in [-0.25, -0.2) is 4.39 Å². The molecule has 0 aliphatic rings. The first-order chi connectivity index (χ1) is 8.10. The molecule has 2 N–H and O–H groups in total. The summed E-state index contributed by atoms with van der Waals surface area (Å²) < 4.78 is 13.9. The van der Waals surface area contributed by atoms with Crippen LogP contribution in [0.4, 0.5) is 10.1 Å². The van der Waals surface area contributed by atoms with Gasteiger partial charge in [0.2, 0.25) is 0 Å². The molecule has 0 fully saturated rings. The number of halogens is 1. The lowest BCUT2D eigenvalue weighted by molar-refractivity contribution is 0.199. The maximum Gasteiger partial charge on any atom is 0.146 e. The van der Waals surface area contributed by atoms with Crippen LogP contribution in [0.2, 0.25) is 0 Å². The highest BCUT2D eigenvalue weighted by atomic mass is 19.1. The Labute approximate surface area is 101 Å². The maximum absolute atomic E-state index is 13.9. The Morgan fingerprint density at radius 3 is 2.53 bits per heavy atom. The minimum atomic E-state index is -0.670. The molecular weight excluding hydrogens is 221 g/mol. The van der Waals surface area contributed by atoms with E-state index in [0.717, 1.165) is 6.42 Å². The van der Waals surface area contributed by atoms with E-state index in [9.17, 15) is 9.50 Å². The normalized spacial score (nSPS) is 12.5. The maximum atomic E-state index is 13.9. The molecule has 0 aliphatic carbocycles. The number of hydrogen-bond donors (Lipinski definition) is 2. The van der Waals surface area contributed by atoms with Gasteiger partial charge in [0.15, 0.2) is 0 Å². The summed E-state index contributed by atoms with van der Waals surface area (Å²) in [5, 5.41) is 18.3. The van der Waals surface area contributed by atoms with Crippen LogP contribution in [0.1, 0.15) is 31.9 Å². The predicted molar refractivity (Wildman–Crippen MR) is 66.6 cm³/mol. The fourth-order valence-electron chi connectivity index (χ4n) is 1.78. The number of nitrogens with zero attached hydrogens (tertiary/aromatic N) is 1. The summed E-state index contributed by atoms with van der Waals surface area (Å²) in [4.78, 5) is 1.81. The molecule has 0 aliphatic heterocycles. The summed E-state index contributed by atoms with van der Waals surface area (Å²) in [6, 6.07) is 4.71. The van der Waals surface area contributed by atoms with Crippen molar-refractivity contribution in [3.05, 3.63) is 29.6 Å². The minimum absolute atomic E-state index is 0.00239. The van der Waals surface area contributed by atoms with E-state index in [4.69, 9.17) is 5.11 Å². The van der Waals surface area contributed by atoms with Crippen LogP contribution in [0.3, 0.4) is 0 Å². The zero-order valence-electron chi connectivity index (χ0n) is 10.4. The molecule has 0 unspecified atom stereocenters. The zero-order valence-corrected chi connectivity index (χ0v) is 10.4. The van der Waals surface area contributed by atoms with Crippen molar-refractivity contribution in [2.75, 3.05) is 24.6 Å². The van der Waals surface area contributed by atoms with Crippen LogP contribution in [0.15, 0.2) is 18.2 Å². The Balaban J connectivity index is 2.95. The highest BCUT2D eigenvalue weighted by Crippen LogP contribution is 2.23. The lowest BCUT2D eigenvalue weighted by atomic mass is 10.1. The molecule has 0 bridgehead atoms. The van der Waals surface area contributed by atoms with Gasteiger partial charge >= 0.3 is 0 Å². The molecule has 1 atom stereocenters. The summed E-state index contributed by atoms with van der Waals surface area (Å²) in [7, 11) is 0. The van der Waals surface area contributed by atoms with Gasteiger partial charge in [0.25, 0.3) is 0 Å². The van der Waals surface area contributed by atoms with Crippen molar-refractivity contribution in [1.82, 2.24) is 0 Å². The number of aliphatic hydroxyl groups is 2. The molecule has 96 valence electrons. The van der Waals surface area contributed by atoms with Crippen molar-refractivity contribution in [3.63, 3.8) is 0 Å². The second-order valence-electron chi connectivity index (χ2n) is 4.10. The number of anilines is 1. The SMILES string of the molecule is CCCN(CCO)c1ccc([C@@H](C)O)cc1F. The predicted octanol–water partition coefficient (Wildman–Crippen LogP) is 2.09. The Morgan fingerprint density at radius 2 is 2.06 bits per heavy atom. The van der Waals surface area contributed by atoms with Crippen LogP contribution < -0.4 is 4.90 Å². The molecule has 4 heteroatoms. The monoisotopic (exact) mass is 241 g/mol. The molecule has 0 saturated heterocycles. The van der Waals surface area contributed by atoms with Crippen LogP contribution in [-0.4, -0.2) is 29.9 Å². The van der Waals surface area contributed by atoms with Crippen LogP contribution >= 0.6 is 0 Å². The Morgan fingerprint density at radius 1 is 1.35 bits per heavy atom. The highest BCUT2D eigenvalue weighted by Gasteiger charge is 2.12. The van der Waals surface area contributed by atoms with Crippen LogP contribution in [0.5, 0.6) is 0 Å². The third-order valence-electron chi connectivity index (χ3n) is 2.66. The summed E-state index contributed by atoms with van der Waals surface area (Å²) in [6.07, 6.45) is 0.216. The lowest BCUT2D eigenvalue weighted by Gasteiger charge is -2.24. The largest absolute Gasteiger partial charge is 0.395 e. The van der Waals surface area contributed by atoms with E-state index in [0.29, 0.717) is 24.3 Å². The Bertz CT molecular complexity index is 349. The fourth-order valence-corrected chi connectivity index (χ4v) is 1.78. The molecule has 1 aromatic rings. The standard InChI is InChI=1S/C13H20FNO2/c1-3-6-15(7-8-16)13-5-4-11(10(2)17)9-12(13)14/h4-5,9-10,16-17H,3,6-8H2,1-2H3/t10-/m1/s1. The third-order valence-corrected chi connectivity index (χ3v) is 2.66. The molecule has 0 heterocycles. The van der Waals surface area contributed by atoms with Gasteiger partial charge in [-0.05, 0) is 31.0 Å². The van der Waals surface area contributed by atoms with Crippen LogP contribution in [-0.2, 0) is 0 Å². The molecule has 0 saturated carbocycles. The topological polar surface area (TPSA) is 43.7 Å². The number of aliphatic hydroxyl groups excluding tert-OH is 2. The molecule has 0 spiro atoms. The first-order valence-corrected chi connectivity index (χ1v) is 5.93. The van der Waals surface area contributed by atoms with Crippen LogP contribution in [0, 0.1) is 5.82 Å². The third kappa shape index (κ3) is 3.68. The van der Waals surface area contributed by atoms with E-state index in [-0.39, 0.29) is 12.4 Å². The zero-order chi connectivity index (χ0) is 12.8. The quantitative estimate of drug-likeness (QED) is 0.801.